The first kappa shape index (κ1) is 21.4. The second-order valence-electron chi connectivity index (χ2n) is 8.88. The number of pyridine rings is 1. The van der Waals surface area contributed by atoms with Crippen LogP contribution in [-0.2, 0) is 4.74 Å². The highest BCUT2D eigenvalue weighted by Crippen LogP contribution is 2.29. The highest BCUT2D eigenvalue weighted by Gasteiger charge is 2.26. The fourth-order valence-corrected chi connectivity index (χ4v) is 4.10. The van der Waals surface area contributed by atoms with Gasteiger partial charge in [-0.1, -0.05) is 16.1 Å². The van der Waals surface area contributed by atoms with E-state index in [0.717, 1.165) is 36.8 Å². The topological polar surface area (TPSA) is 96.0 Å². The van der Waals surface area contributed by atoms with Gasteiger partial charge < -0.3 is 15.4 Å². The van der Waals surface area contributed by atoms with Gasteiger partial charge in [0.15, 0.2) is 0 Å². The number of aromatic amines is 1. The number of aromatic nitrogens is 4. The van der Waals surface area contributed by atoms with E-state index in [1.807, 2.05) is 55.9 Å². The Morgan fingerprint density at radius 2 is 2.10 bits per heavy atom. The van der Waals surface area contributed by atoms with E-state index in [-0.39, 0.29) is 18.2 Å². The van der Waals surface area contributed by atoms with Crippen molar-refractivity contribution in [3.8, 4) is 11.3 Å². The van der Waals surface area contributed by atoms with Crippen molar-refractivity contribution in [1.29, 1.82) is 0 Å². The number of ether oxygens (including phenoxy) is 1. The summed E-state index contributed by atoms with van der Waals surface area (Å²) in [4.78, 5) is 21.2. The Balaban J connectivity index is 1.46. The molecule has 4 rings (SSSR count). The Labute approximate surface area is 186 Å². The van der Waals surface area contributed by atoms with Crippen LogP contribution in [0.25, 0.3) is 16.8 Å². The molecule has 3 aromatic rings. The van der Waals surface area contributed by atoms with Gasteiger partial charge in [-0.05, 0) is 52.5 Å². The van der Waals surface area contributed by atoms with E-state index in [4.69, 9.17) is 21.3 Å². The van der Waals surface area contributed by atoms with Crippen LogP contribution in [0.3, 0.4) is 0 Å². The van der Waals surface area contributed by atoms with Crippen LogP contribution < -0.4 is 15.1 Å². The number of nitrogens with one attached hydrogen (secondary N) is 3. The average Bonchev–Trinajstić information content (AvgIpc) is 3.12. The maximum atomic E-state index is 12.1. The van der Waals surface area contributed by atoms with E-state index >= 15 is 0 Å². The molecular weight excluding hydrogens is 416 g/mol. The summed E-state index contributed by atoms with van der Waals surface area (Å²) in [5, 5.41) is 10.1. The van der Waals surface area contributed by atoms with Crippen molar-refractivity contribution in [3.63, 3.8) is 0 Å². The molecule has 0 bridgehead atoms. The van der Waals surface area contributed by atoms with Gasteiger partial charge in [0, 0.05) is 24.2 Å². The lowest BCUT2D eigenvalue weighted by molar-refractivity contribution is -0.576. The lowest BCUT2D eigenvalue weighted by Gasteiger charge is -2.31. The molecule has 0 unspecified atom stereocenters. The van der Waals surface area contributed by atoms with Crippen LogP contribution in [0.5, 0.6) is 0 Å². The zero-order valence-electron chi connectivity index (χ0n) is 18.0. The molecule has 31 heavy (non-hydrogen) atoms. The molecule has 0 radical (unpaired) electrons. The van der Waals surface area contributed by atoms with Gasteiger partial charge in [-0.25, -0.2) is 14.8 Å². The Bertz CT molecular complexity index is 1080. The van der Waals surface area contributed by atoms with Gasteiger partial charge in [-0.15, -0.1) is 0 Å². The predicted molar refractivity (Wildman–Crippen MR) is 119 cm³/mol. The van der Waals surface area contributed by atoms with E-state index in [2.05, 4.69) is 20.7 Å². The van der Waals surface area contributed by atoms with Crippen molar-refractivity contribution in [2.75, 3.05) is 5.32 Å². The minimum atomic E-state index is -0.509. The number of halogens is 1. The molecule has 1 aliphatic rings. The molecule has 1 amide bonds. The van der Waals surface area contributed by atoms with E-state index in [0.29, 0.717) is 16.7 Å². The van der Waals surface area contributed by atoms with Crippen LogP contribution in [0.2, 0.25) is 5.02 Å². The monoisotopic (exact) mass is 443 g/mol. The minimum Gasteiger partial charge on any atom is -0.444 e. The largest absolute Gasteiger partial charge is 0.444 e. The predicted octanol–water partition coefficient (Wildman–Crippen LogP) is 4.11. The number of hydrogen-bond acceptors (Lipinski definition) is 5. The SMILES string of the molecule is CC(C)(C)OC(=O)N[C@H]1CCC[C@@H](Nc2ncc(Cl)c(-c3c[nH][n+]4ccccc34)n2)C1. The first-order valence-corrected chi connectivity index (χ1v) is 10.9. The van der Waals surface area contributed by atoms with Gasteiger partial charge in [0.2, 0.25) is 17.7 Å². The molecule has 3 heterocycles. The highest BCUT2D eigenvalue weighted by atomic mass is 35.5. The lowest BCUT2D eigenvalue weighted by Crippen LogP contribution is -2.44. The Kier molecular flexibility index (Phi) is 6.00. The molecule has 9 heteroatoms. The van der Waals surface area contributed by atoms with Gasteiger partial charge in [0.1, 0.15) is 11.3 Å². The fraction of sp³-hybridized carbons (Fsp3) is 0.455. The summed E-state index contributed by atoms with van der Waals surface area (Å²) in [5.74, 6) is 0.526. The molecule has 0 aliphatic heterocycles. The van der Waals surface area contributed by atoms with Gasteiger partial charge in [-0.3, -0.25) is 0 Å². The van der Waals surface area contributed by atoms with Crippen molar-refractivity contribution in [1.82, 2.24) is 20.4 Å². The lowest BCUT2D eigenvalue weighted by atomic mass is 9.91. The van der Waals surface area contributed by atoms with E-state index in [9.17, 15) is 4.79 Å². The van der Waals surface area contributed by atoms with Crippen LogP contribution in [-0.4, -0.2) is 38.8 Å². The van der Waals surface area contributed by atoms with Crippen molar-refractivity contribution in [2.45, 2.75) is 64.1 Å². The summed E-state index contributed by atoms with van der Waals surface area (Å²) in [6, 6.07) is 6.14. The number of alkyl carbamates (subject to hydrolysis) is 1. The van der Waals surface area contributed by atoms with Crippen molar-refractivity contribution in [3.05, 3.63) is 41.8 Å². The van der Waals surface area contributed by atoms with Gasteiger partial charge >= 0.3 is 6.09 Å². The number of H-pyrrole nitrogens is 1. The van der Waals surface area contributed by atoms with Crippen molar-refractivity contribution >= 4 is 29.2 Å². The maximum Gasteiger partial charge on any atom is 0.407 e. The summed E-state index contributed by atoms with van der Waals surface area (Å²) >= 11 is 6.43. The summed E-state index contributed by atoms with van der Waals surface area (Å²) in [6.45, 7) is 5.58. The number of rotatable bonds is 4. The van der Waals surface area contributed by atoms with Crippen LogP contribution >= 0.6 is 11.6 Å². The quantitative estimate of drug-likeness (QED) is 0.527. The second kappa shape index (κ2) is 8.70. The first-order chi connectivity index (χ1) is 14.8. The zero-order valence-corrected chi connectivity index (χ0v) is 18.7. The maximum absolute atomic E-state index is 12.1. The number of carbonyl (C=O) groups excluding carboxylic acids is 1. The van der Waals surface area contributed by atoms with Gasteiger partial charge in [0.05, 0.1) is 23.0 Å². The molecule has 3 N–H and O–H groups in total. The summed E-state index contributed by atoms with van der Waals surface area (Å²) in [6.07, 6.45) is 8.76. The molecule has 0 aromatic carbocycles. The summed E-state index contributed by atoms with van der Waals surface area (Å²) in [5.41, 5.74) is 2.05. The minimum absolute atomic E-state index is 0.0536. The number of anilines is 1. The first-order valence-electron chi connectivity index (χ1n) is 10.6. The average molecular weight is 444 g/mol. The van der Waals surface area contributed by atoms with Crippen LogP contribution in [0.1, 0.15) is 46.5 Å². The molecule has 0 saturated heterocycles. The summed E-state index contributed by atoms with van der Waals surface area (Å²) in [7, 11) is 0. The third kappa shape index (κ3) is 5.25. The smallest absolute Gasteiger partial charge is 0.407 e. The number of fused-ring (bicyclic) bond motifs is 1. The third-order valence-corrected chi connectivity index (χ3v) is 5.49. The van der Waals surface area contributed by atoms with E-state index in [1.165, 1.54) is 0 Å². The molecule has 8 nitrogen and oxygen atoms in total. The zero-order chi connectivity index (χ0) is 22.0. The van der Waals surface area contributed by atoms with Gasteiger partial charge in [-0.2, -0.15) is 5.10 Å². The van der Waals surface area contributed by atoms with Crippen molar-refractivity contribution in [2.24, 2.45) is 0 Å². The third-order valence-electron chi connectivity index (χ3n) is 5.21. The Hall–Kier alpha value is -2.87. The van der Waals surface area contributed by atoms with Crippen LogP contribution in [0, 0.1) is 0 Å². The Morgan fingerprint density at radius 1 is 1.29 bits per heavy atom. The summed E-state index contributed by atoms with van der Waals surface area (Å²) < 4.78 is 7.30. The van der Waals surface area contributed by atoms with Crippen molar-refractivity contribution < 1.29 is 14.0 Å². The van der Waals surface area contributed by atoms with Gasteiger partial charge in [0.25, 0.3) is 0 Å². The fourth-order valence-electron chi connectivity index (χ4n) is 3.91. The Morgan fingerprint density at radius 3 is 2.90 bits per heavy atom. The standard InChI is InChI=1S/C22H27ClN6O2/c1-22(2,3)31-21(30)27-15-8-6-7-14(11-15)26-20-24-13-17(23)19(28-20)16-12-25-29-10-5-4-9-18(16)29/h4-5,9-10,12-15H,6-8,11H2,1-3H3,(H2,24,26,27,28,30)/p+1/t14-,15+/m1/s1. The molecule has 0 spiro atoms. The number of nitrogens with zero attached hydrogens (tertiary/aromatic N) is 3. The molecule has 2 atom stereocenters. The van der Waals surface area contributed by atoms with Crippen LogP contribution in [0.15, 0.2) is 36.8 Å². The van der Waals surface area contributed by atoms with E-state index in [1.54, 1.807) is 6.20 Å². The molecule has 1 saturated carbocycles. The molecule has 1 fully saturated rings. The normalized spacial score (nSPS) is 19.2. The van der Waals surface area contributed by atoms with Crippen LogP contribution in [0.4, 0.5) is 10.7 Å². The molecular formula is C22H28ClN6O2+. The van der Waals surface area contributed by atoms with E-state index < -0.39 is 5.60 Å². The molecule has 164 valence electrons. The number of hydrogen-bond donors (Lipinski definition) is 3. The molecule has 3 aromatic heterocycles. The molecule has 1 aliphatic carbocycles. The number of carbonyl (C=O) groups is 1. The highest BCUT2D eigenvalue weighted by molar-refractivity contribution is 6.33. The number of amides is 1. The second-order valence-corrected chi connectivity index (χ2v) is 9.29.